The summed E-state index contributed by atoms with van der Waals surface area (Å²) in [7, 11) is 0. The quantitative estimate of drug-likeness (QED) is 0.485. The normalized spacial score (nSPS) is 10.8. The Hall–Kier alpha value is -2.57. The van der Waals surface area contributed by atoms with Gasteiger partial charge in [-0.15, -0.1) is 12.4 Å². The highest BCUT2D eigenvalue weighted by atomic mass is 35.5. The topological polar surface area (TPSA) is 0 Å². The Labute approximate surface area is 144 Å². The molecule has 0 saturated carbocycles. The lowest BCUT2D eigenvalue weighted by Crippen LogP contribution is -1.80. The first-order valence-electron chi connectivity index (χ1n) is 7.47. The van der Waals surface area contributed by atoms with E-state index in [4.69, 9.17) is 0 Å². The second kappa shape index (κ2) is 8.77. The van der Waals surface area contributed by atoms with Crippen molar-refractivity contribution >= 4 is 36.7 Å². The van der Waals surface area contributed by atoms with Gasteiger partial charge >= 0.3 is 0 Å². The zero-order valence-electron chi connectivity index (χ0n) is 12.8. The van der Waals surface area contributed by atoms with Crippen LogP contribution < -0.4 is 0 Å². The predicted octanol–water partition coefficient (Wildman–Crippen LogP) is 6.45. The third kappa shape index (κ3) is 4.98. The average molecular weight is 319 g/mol. The van der Waals surface area contributed by atoms with E-state index < -0.39 is 0 Å². The lowest BCUT2D eigenvalue weighted by Gasteiger charge is -2.01. The van der Waals surface area contributed by atoms with E-state index in [1.54, 1.807) is 0 Å². The molecule has 0 spiro atoms. The molecule has 0 radical (unpaired) electrons. The summed E-state index contributed by atoms with van der Waals surface area (Å²) in [4.78, 5) is 0. The summed E-state index contributed by atoms with van der Waals surface area (Å²) in [6.07, 6.45) is 8.63. The molecule has 0 saturated heterocycles. The Morgan fingerprint density at radius 1 is 0.391 bits per heavy atom. The van der Waals surface area contributed by atoms with Gasteiger partial charge in [0.25, 0.3) is 0 Å². The lowest BCUT2D eigenvalue weighted by atomic mass is 10.0. The Bertz CT molecular complexity index is 703. The van der Waals surface area contributed by atoms with Crippen LogP contribution in [0, 0.1) is 0 Å². The molecule has 0 atom stereocenters. The highest BCUT2D eigenvalue weighted by Gasteiger charge is 1.94. The third-order valence-electron chi connectivity index (χ3n) is 3.51. The number of halogens is 1. The fraction of sp³-hybridized carbons (Fsp3) is 0. The molecule has 0 bridgehead atoms. The summed E-state index contributed by atoms with van der Waals surface area (Å²) in [5.74, 6) is 0. The fourth-order valence-corrected chi connectivity index (χ4v) is 2.31. The van der Waals surface area contributed by atoms with E-state index in [9.17, 15) is 0 Å². The van der Waals surface area contributed by atoms with Gasteiger partial charge in [-0.05, 0) is 22.3 Å². The molecule has 0 amide bonds. The van der Waals surface area contributed by atoms with Gasteiger partial charge in [0.2, 0.25) is 0 Å². The van der Waals surface area contributed by atoms with Crippen molar-refractivity contribution in [3.8, 4) is 0 Å². The van der Waals surface area contributed by atoms with Crippen molar-refractivity contribution in [3.05, 3.63) is 107 Å². The summed E-state index contributed by atoms with van der Waals surface area (Å²) in [5.41, 5.74) is 4.87. The van der Waals surface area contributed by atoms with Crippen LogP contribution in [-0.4, -0.2) is 0 Å². The molecule has 3 aromatic rings. The van der Waals surface area contributed by atoms with Gasteiger partial charge in [-0.3, -0.25) is 0 Å². The molecule has 0 N–H and O–H groups in total. The summed E-state index contributed by atoms with van der Waals surface area (Å²) >= 11 is 0. The van der Waals surface area contributed by atoms with E-state index in [1.165, 1.54) is 22.3 Å². The molecule has 0 fully saturated rings. The maximum absolute atomic E-state index is 2.17. The Morgan fingerprint density at radius 2 is 0.739 bits per heavy atom. The third-order valence-corrected chi connectivity index (χ3v) is 3.51. The van der Waals surface area contributed by atoms with Crippen LogP contribution in [0.4, 0.5) is 0 Å². The minimum Gasteiger partial charge on any atom is -0.147 e. The second-order valence-electron chi connectivity index (χ2n) is 5.12. The standard InChI is InChI=1S/C22H18.ClH/c1-3-9-19(10-4-1)15-17-21-13-7-8-14-22(21)18-16-20-11-5-2-6-12-20;/h1-18H;1H/b17-15+,18-16+;. The first kappa shape index (κ1) is 16.8. The molecule has 3 aromatic carbocycles. The van der Waals surface area contributed by atoms with Gasteiger partial charge in [0, 0.05) is 0 Å². The van der Waals surface area contributed by atoms with E-state index in [0.717, 1.165) is 0 Å². The van der Waals surface area contributed by atoms with Gasteiger partial charge in [-0.1, -0.05) is 109 Å². The molecular formula is C22H19Cl. The lowest BCUT2D eigenvalue weighted by molar-refractivity contribution is 1.61. The number of rotatable bonds is 4. The van der Waals surface area contributed by atoms with Crippen molar-refractivity contribution in [1.82, 2.24) is 0 Å². The summed E-state index contributed by atoms with van der Waals surface area (Å²) in [6.45, 7) is 0. The zero-order chi connectivity index (χ0) is 15.0. The molecule has 0 aliphatic heterocycles. The van der Waals surface area contributed by atoms with Crippen LogP contribution >= 0.6 is 12.4 Å². The van der Waals surface area contributed by atoms with Crippen molar-refractivity contribution < 1.29 is 0 Å². The van der Waals surface area contributed by atoms with Crippen LogP contribution in [0.5, 0.6) is 0 Å². The molecule has 23 heavy (non-hydrogen) atoms. The van der Waals surface area contributed by atoms with Crippen molar-refractivity contribution in [1.29, 1.82) is 0 Å². The molecular weight excluding hydrogens is 300 g/mol. The summed E-state index contributed by atoms with van der Waals surface area (Å²) in [6, 6.07) is 29.2. The van der Waals surface area contributed by atoms with Crippen molar-refractivity contribution in [3.63, 3.8) is 0 Å². The molecule has 3 rings (SSSR count). The van der Waals surface area contributed by atoms with E-state index in [-0.39, 0.29) is 12.4 Å². The maximum atomic E-state index is 2.17. The SMILES string of the molecule is C(=C\c1ccccc1/C=C/c1ccccc1)/c1ccccc1.Cl. The van der Waals surface area contributed by atoms with Crippen LogP contribution in [0.2, 0.25) is 0 Å². The largest absolute Gasteiger partial charge is 0.147 e. The number of hydrogen-bond acceptors (Lipinski definition) is 0. The molecule has 0 aliphatic carbocycles. The second-order valence-corrected chi connectivity index (χ2v) is 5.12. The first-order chi connectivity index (χ1) is 10.9. The predicted molar refractivity (Wildman–Crippen MR) is 104 cm³/mol. The molecule has 0 aromatic heterocycles. The van der Waals surface area contributed by atoms with Gasteiger partial charge in [-0.25, -0.2) is 0 Å². The Kier molecular flexibility index (Phi) is 6.40. The van der Waals surface area contributed by atoms with Crippen LogP contribution in [0.3, 0.4) is 0 Å². The molecule has 0 unspecified atom stereocenters. The monoisotopic (exact) mass is 318 g/mol. The van der Waals surface area contributed by atoms with Gasteiger partial charge in [-0.2, -0.15) is 0 Å². The first-order valence-corrected chi connectivity index (χ1v) is 7.47. The van der Waals surface area contributed by atoms with Crippen molar-refractivity contribution in [2.45, 2.75) is 0 Å². The van der Waals surface area contributed by atoms with Crippen LogP contribution in [0.15, 0.2) is 84.9 Å². The van der Waals surface area contributed by atoms with Crippen molar-refractivity contribution in [2.24, 2.45) is 0 Å². The average Bonchev–Trinajstić information content (AvgIpc) is 2.61. The van der Waals surface area contributed by atoms with Gasteiger partial charge < -0.3 is 0 Å². The van der Waals surface area contributed by atoms with Gasteiger partial charge in [0.05, 0.1) is 0 Å². The molecule has 114 valence electrons. The Morgan fingerprint density at radius 3 is 1.13 bits per heavy atom. The number of benzene rings is 3. The highest BCUT2D eigenvalue weighted by Crippen LogP contribution is 2.16. The maximum Gasteiger partial charge on any atom is -0.0184 e. The summed E-state index contributed by atoms with van der Waals surface area (Å²) < 4.78 is 0. The van der Waals surface area contributed by atoms with Gasteiger partial charge in [0.1, 0.15) is 0 Å². The van der Waals surface area contributed by atoms with E-state index >= 15 is 0 Å². The van der Waals surface area contributed by atoms with E-state index in [1.807, 2.05) is 12.1 Å². The molecule has 1 heteroatoms. The minimum absolute atomic E-state index is 0. The van der Waals surface area contributed by atoms with Gasteiger partial charge in [0.15, 0.2) is 0 Å². The minimum atomic E-state index is 0. The van der Waals surface area contributed by atoms with Crippen LogP contribution in [-0.2, 0) is 0 Å². The number of hydrogen-bond donors (Lipinski definition) is 0. The smallest absolute Gasteiger partial charge is 0.0184 e. The molecule has 0 aliphatic rings. The van der Waals surface area contributed by atoms with E-state index in [0.29, 0.717) is 0 Å². The van der Waals surface area contributed by atoms with E-state index in [2.05, 4.69) is 97.1 Å². The molecule has 0 heterocycles. The zero-order valence-corrected chi connectivity index (χ0v) is 13.6. The van der Waals surface area contributed by atoms with Crippen molar-refractivity contribution in [2.75, 3.05) is 0 Å². The summed E-state index contributed by atoms with van der Waals surface area (Å²) in [5, 5.41) is 0. The van der Waals surface area contributed by atoms with Crippen LogP contribution in [0.1, 0.15) is 22.3 Å². The fourth-order valence-electron chi connectivity index (χ4n) is 2.31. The Balaban J connectivity index is 0.00000192. The van der Waals surface area contributed by atoms with Crippen LogP contribution in [0.25, 0.3) is 24.3 Å². The molecule has 0 nitrogen and oxygen atoms in total. The highest BCUT2D eigenvalue weighted by molar-refractivity contribution is 5.85.